The van der Waals surface area contributed by atoms with Crippen LogP contribution in [-0.2, 0) is 0 Å². The van der Waals surface area contributed by atoms with Crippen molar-refractivity contribution in [3.05, 3.63) is 59.1 Å². The minimum atomic E-state index is -0.191. The zero-order valence-electron chi connectivity index (χ0n) is 11.3. The van der Waals surface area contributed by atoms with Crippen molar-refractivity contribution in [3.63, 3.8) is 0 Å². The van der Waals surface area contributed by atoms with Crippen molar-refractivity contribution >= 4 is 35.1 Å². The van der Waals surface area contributed by atoms with Crippen LogP contribution in [0.25, 0.3) is 0 Å². The Balaban J connectivity index is 1.67. The van der Waals surface area contributed by atoms with Crippen molar-refractivity contribution in [2.24, 2.45) is 0 Å². The molecule has 2 N–H and O–H groups in total. The zero-order valence-corrected chi connectivity index (χ0v) is 12.9. The molecule has 0 aliphatic carbocycles. The summed E-state index contributed by atoms with van der Waals surface area (Å²) in [5.74, 6) is 1.02. The molecule has 1 heterocycles. The summed E-state index contributed by atoms with van der Waals surface area (Å²) in [6, 6.07) is 15.2. The number of benzene rings is 2. The van der Waals surface area contributed by atoms with Crippen LogP contribution < -0.4 is 10.6 Å². The SMILES string of the molecule is O=C(Nc1ccc(Cl)cc1)N[C@@H]1CCSc2ccccc21. The number of urea groups is 1. The number of carbonyl (C=O) groups is 1. The number of amides is 2. The first-order valence-corrected chi connectivity index (χ1v) is 8.13. The fourth-order valence-electron chi connectivity index (χ4n) is 2.35. The van der Waals surface area contributed by atoms with Crippen LogP contribution in [0.15, 0.2) is 53.4 Å². The Labute approximate surface area is 133 Å². The first kappa shape index (κ1) is 14.3. The summed E-state index contributed by atoms with van der Waals surface area (Å²) < 4.78 is 0. The van der Waals surface area contributed by atoms with Gasteiger partial charge in [-0.2, -0.15) is 0 Å². The van der Waals surface area contributed by atoms with Crippen LogP contribution in [0, 0.1) is 0 Å². The second-order valence-corrected chi connectivity index (χ2v) is 6.41. The number of rotatable bonds is 2. The van der Waals surface area contributed by atoms with E-state index < -0.39 is 0 Å². The molecule has 0 aromatic heterocycles. The monoisotopic (exact) mass is 318 g/mol. The van der Waals surface area contributed by atoms with Gasteiger partial charge in [0.25, 0.3) is 0 Å². The molecule has 2 aromatic rings. The third-order valence-corrected chi connectivity index (χ3v) is 4.74. The number of thioether (sulfide) groups is 1. The minimum absolute atomic E-state index is 0.0646. The Morgan fingerprint density at radius 3 is 2.71 bits per heavy atom. The number of fused-ring (bicyclic) bond motifs is 1. The van der Waals surface area contributed by atoms with E-state index in [2.05, 4.69) is 22.8 Å². The quantitative estimate of drug-likeness (QED) is 0.842. The summed E-state index contributed by atoms with van der Waals surface area (Å²) in [4.78, 5) is 13.4. The van der Waals surface area contributed by atoms with E-state index in [4.69, 9.17) is 11.6 Å². The van der Waals surface area contributed by atoms with Gasteiger partial charge in [0.1, 0.15) is 0 Å². The highest BCUT2D eigenvalue weighted by Gasteiger charge is 2.21. The molecule has 0 spiro atoms. The molecule has 0 bridgehead atoms. The predicted octanol–water partition coefficient (Wildman–Crippen LogP) is 4.70. The Morgan fingerprint density at radius 2 is 1.90 bits per heavy atom. The van der Waals surface area contributed by atoms with Gasteiger partial charge in [0.05, 0.1) is 6.04 Å². The van der Waals surface area contributed by atoms with Crippen molar-refractivity contribution in [3.8, 4) is 0 Å². The number of anilines is 1. The van der Waals surface area contributed by atoms with Gasteiger partial charge < -0.3 is 10.6 Å². The highest BCUT2D eigenvalue weighted by Crippen LogP contribution is 2.35. The normalized spacial score (nSPS) is 16.9. The van der Waals surface area contributed by atoms with Gasteiger partial charge in [-0.25, -0.2) is 4.79 Å². The number of hydrogen-bond donors (Lipinski definition) is 2. The summed E-state index contributed by atoms with van der Waals surface area (Å²) in [7, 11) is 0. The van der Waals surface area contributed by atoms with Gasteiger partial charge in [-0.15, -0.1) is 11.8 Å². The van der Waals surface area contributed by atoms with Crippen LogP contribution in [0.2, 0.25) is 5.02 Å². The first-order valence-electron chi connectivity index (χ1n) is 6.77. The second kappa shape index (κ2) is 6.41. The maximum Gasteiger partial charge on any atom is 0.319 e. The molecule has 108 valence electrons. The Hall–Kier alpha value is -1.65. The maximum absolute atomic E-state index is 12.1. The van der Waals surface area contributed by atoms with Crippen molar-refractivity contribution in [2.75, 3.05) is 11.1 Å². The van der Waals surface area contributed by atoms with Gasteiger partial charge in [0, 0.05) is 21.4 Å². The Morgan fingerprint density at radius 1 is 1.14 bits per heavy atom. The molecule has 2 amide bonds. The predicted molar refractivity (Wildman–Crippen MR) is 88.1 cm³/mol. The average molecular weight is 319 g/mol. The minimum Gasteiger partial charge on any atom is -0.331 e. The molecule has 0 radical (unpaired) electrons. The van der Waals surface area contributed by atoms with Gasteiger partial charge in [-0.1, -0.05) is 29.8 Å². The van der Waals surface area contributed by atoms with E-state index in [0.717, 1.165) is 17.9 Å². The molecule has 3 rings (SSSR count). The fraction of sp³-hybridized carbons (Fsp3) is 0.188. The largest absolute Gasteiger partial charge is 0.331 e. The van der Waals surface area contributed by atoms with Crippen molar-refractivity contribution in [1.29, 1.82) is 0 Å². The molecule has 2 aromatic carbocycles. The van der Waals surface area contributed by atoms with Crippen molar-refractivity contribution in [1.82, 2.24) is 5.32 Å². The van der Waals surface area contributed by atoms with Crippen LogP contribution in [0.1, 0.15) is 18.0 Å². The topological polar surface area (TPSA) is 41.1 Å². The highest BCUT2D eigenvalue weighted by molar-refractivity contribution is 7.99. The second-order valence-electron chi connectivity index (χ2n) is 4.83. The van der Waals surface area contributed by atoms with E-state index in [-0.39, 0.29) is 12.1 Å². The fourth-order valence-corrected chi connectivity index (χ4v) is 3.60. The number of hydrogen-bond acceptors (Lipinski definition) is 2. The van der Waals surface area contributed by atoms with E-state index in [1.807, 2.05) is 23.9 Å². The molecule has 0 saturated heterocycles. The lowest BCUT2D eigenvalue weighted by atomic mass is 10.0. The standard InChI is InChI=1S/C16H15ClN2OS/c17-11-5-7-12(8-6-11)18-16(20)19-14-9-10-21-15-4-2-1-3-13(14)15/h1-8,14H,9-10H2,(H2,18,19,20)/t14-/m1/s1. The van der Waals surface area contributed by atoms with Crippen molar-refractivity contribution in [2.45, 2.75) is 17.4 Å². The van der Waals surface area contributed by atoms with E-state index >= 15 is 0 Å². The molecule has 1 aliphatic heterocycles. The lowest BCUT2D eigenvalue weighted by molar-refractivity contribution is 0.248. The molecule has 3 nitrogen and oxygen atoms in total. The Bertz CT molecular complexity index is 645. The lowest BCUT2D eigenvalue weighted by Gasteiger charge is -2.25. The summed E-state index contributed by atoms with van der Waals surface area (Å²) in [5.41, 5.74) is 1.93. The first-order chi connectivity index (χ1) is 10.2. The smallest absolute Gasteiger partial charge is 0.319 e. The number of nitrogens with one attached hydrogen (secondary N) is 2. The molecule has 21 heavy (non-hydrogen) atoms. The third kappa shape index (κ3) is 3.52. The Kier molecular flexibility index (Phi) is 4.36. The molecule has 0 saturated carbocycles. The molecule has 0 unspecified atom stereocenters. The van der Waals surface area contributed by atoms with Crippen molar-refractivity contribution < 1.29 is 4.79 Å². The van der Waals surface area contributed by atoms with Gasteiger partial charge in [-0.3, -0.25) is 0 Å². The lowest BCUT2D eigenvalue weighted by Crippen LogP contribution is -2.34. The van der Waals surface area contributed by atoms with Crippen LogP contribution in [0.5, 0.6) is 0 Å². The average Bonchev–Trinajstić information content (AvgIpc) is 2.50. The maximum atomic E-state index is 12.1. The third-order valence-electron chi connectivity index (χ3n) is 3.37. The highest BCUT2D eigenvalue weighted by atomic mass is 35.5. The van der Waals surface area contributed by atoms with Crippen LogP contribution >= 0.6 is 23.4 Å². The number of carbonyl (C=O) groups excluding carboxylic acids is 1. The summed E-state index contributed by atoms with van der Waals surface area (Å²) >= 11 is 7.67. The summed E-state index contributed by atoms with van der Waals surface area (Å²) in [6.45, 7) is 0. The molecule has 1 atom stereocenters. The molecular weight excluding hydrogens is 304 g/mol. The molecular formula is C16H15ClN2OS. The van der Waals surface area contributed by atoms with E-state index in [1.165, 1.54) is 10.5 Å². The van der Waals surface area contributed by atoms with Gasteiger partial charge >= 0.3 is 6.03 Å². The van der Waals surface area contributed by atoms with Crippen LogP contribution in [-0.4, -0.2) is 11.8 Å². The van der Waals surface area contributed by atoms with E-state index in [9.17, 15) is 4.79 Å². The van der Waals surface area contributed by atoms with E-state index in [0.29, 0.717) is 5.02 Å². The van der Waals surface area contributed by atoms with Gasteiger partial charge in [0.15, 0.2) is 0 Å². The van der Waals surface area contributed by atoms with Crippen LogP contribution in [0.4, 0.5) is 10.5 Å². The van der Waals surface area contributed by atoms with Gasteiger partial charge in [0.2, 0.25) is 0 Å². The van der Waals surface area contributed by atoms with E-state index in [1.54, 1.807) is 24.3 Å². The molecule has 0 fully saturated rings. The van der Waals surface area contributed by atoms with Gasteiger partial charge in [-0.05, 0) is 42.3 Å². The summed E-state index contributed by atoms with van der Waals surface area (Å²) in [5, 5.41) is 6.53. The summed E-state index contributed by atoms with van der Waals surface area (Å²) in [6.07, 6.45) is 0.940. The zero-order chi connectivity index (χ0) is 14.7. The molecule has 1 aliphatic rings. The van der Waals surface area contributed by atoms with Crippen LogP contribution in [0.3, 0.4) is 0 Å². The molecule has 5 heteroatoms. The number of halogens is 1.